The van der Waals surface area contributed by atoms with Crippen molar-refractivity contribution in [3.05, 3.63) is 71.4 Å². The van der Waals surface area contributed by atoms with Crippen LogP contribution in [0.1, 0.15) is 5.56 Å². The highest BCUT2D eigenvalue weighted by atomic mass is 35.5. The van der Waals surface area contributed by atoms with Crippen LogP contribution in [0.25, 0.3) is 11.3 Å². The van der Waals surface area contributed by atoms with Crippen molar-refractivity contribution in [3.63, 3.8) is 0 Å². The number of nitrogens with one attached hydrogen (secondary N) is 1. The van der Waals surface area contributed by atoms with Gasteiger partial charge in [-0.3, -0.25) is 9.71 Å². The van der Waals surface area contributed by atoms with Crippen molar-refractivity contribution in [2.75, 3.05) is 10.5 Å². The molecule has 0 atom stereocenters. The Morgan fingerprint density at radius 1 is 1.04 bits per heavy atom. The quantitative estimate of drug-likeness (QED) is 0.720. The van der Waals surface area contributed by atoms with E-state index in [0.29, 0.717) is 34.1 Å². The first-order valence-corrected chi connectivity index (χ1v) is 10.1. The molecule has 0 spiro atoms. The molecule has 1 aliphatic heterocycles. The number of sulfonamides is 1. The number of hydrogen-bond donors (Lipinski definition) is 1. The molecule has 2 heterocycles. The fourth-order valence-electron chi connectivity index (χ4n) is 2.86. The highest BCUT2D eigenvalue weighted by molar-refractivity contribution is 7.92. The Morgan fingerprint density at radius 3 is 2.58 bits per heavy atom. The molecule has 7 heteroatoms. The smallest absolute Gasteiger partial charge is 0.233 e. The topological polar surface area (TPSA) is 68.3 Å². The SMILES string of the molecule is O=S1(=O)CCc2cc(Cl)cc(-c3ccc(Oc4ccccc4)cn3)c2N1. The summed E-state index contributed by atoms with van der Waals surface area (Å²) in [5.74, 6) is 1.36. The molecule has 5 nitrogen and oxygen atoms in total. The van der Waals surface area contributed by atoms with Crippen molar-refractivity contribution in [2.24, 2.45) is 0 Å². The molecule has 0 radical (unpaired) electrons. The van der Waals surface area contributed by atoms with Crippen LogP contribution in [0.4, 0.5) is 5.69 Å². The van der Waals surface area contributed by atoms with Gasteiger partial charge in [0.2, 0.25) is 10.0 Å². The van der Waals surface area contributed by atoms with Crippen LogP contribution in [0.3, 0.4) is 0 Å². The van der Waals surface area contributed by atoms with Crippen molar-refractivity contribution in [2.45, 2.75) is 6.42 Å². The number of pyridine rings is 1. The normalized spacial score (nSPS) is 15.0. The minimum Gasteiger partial charge on any atom is -0.456 e. The van der Waals surface area contributed by atoms with E-state index >= 15 is 0 Å². The Balaban J connectivity index is 1.69. The van der Waals surface area contributed by atoms with Gasteiger partial charge in [0.05, 0.1) is 23.3 Å². The van der Waals surface area contributed by atoms with Gasteiger partial charge >= 0.3 is 0 Å². The van der Waals surface area contributed by atoms with Crippen LogP contribution < -0.4 is 9.46 Å². The van der Waals surface area contributed by atoms with Crippen molar-refractivity contribution < 1.29 is 13.2 Å². The number of halogens is 1. The fourth-order valence-corrected chi connectivity index (χ4v) is 4.24. The molecule has 0 unspecified atom stereocenters. The van der Waals surface area contributed by atoms with Gasteiger partial charge < -0.3 is 4.74 Å². The number of fused-ring (bicyclic) bond motifs is 1. The molecule has 1 N–H and O–H groups in total. The monoisotopic (exact) mass is 386 g/mol. The first kappa shape index (κ1) is 16.9. The van der Waals surface area contributed by atoms with E-state index in [1.165, 1.54) is 0 Å². The van der Waals surface area contributed by atoms with Crippen LogP contribution in [-0.2, 0) is 16.4 Å². The average molecular weight is 387 g/mol. The second-order valence-corrected chi connectivity index (χ2v) is 8.23. The minimum atomic E-state index is -3.33. The second-order valence-electron chi connectivity index (χ2n) is 5.95. The summed E-state index contributed by atoms with van der Waals surface area (Å²) in [5.41, 5.74) is 2.69. The predicted octanol–water partition coefficient (Wildman–Crippen LogP) is 4.49. The summed E-state index contributed by atoms with van der Waals surface area (Å²) in [6.45, 7) is 0. The third-order valence-corrected chi connectivity index (χ3v) is 5.55. The molecular formula is C19H15ClN2O3S. The number of aryl methyl sites for hydroxylation is 1. The molecule has 2 aromatic carbocycles. The van der Waals surface area contributed by atoms with E-state index in [0.717, 1.165) is 11.3 Å². The summed E-state index contributed by atoms with van der Waals surface area (Å²) in [7, 11) is -3.33. The number of aromatic nitrogens is 1. The first-order chi connectivity index (χ1) is 12.5. The summed E-state index contributed by atoms with van der Waals surface area (Å²) in [4.78, 5) is 4.42. The molecule has 1 aliphatic rings. The highest BCUT2D eigenvalue weighted by Gasteiger charge is 2.24. The molecule has 0 saturated heterocycles. The molecule has 3 aromatic rings. The number of anilines is 1. The van der Waals surface area contributed by atoms with Crippen LogP contribution >= 0.6 is 11.6 Å². The number of rotatable bonds is 3. The van der Waals surface area contributed by atoms with Gasteiger partial charge in [0.25, 0.3) is 0 Å². The minimum absolute atomic E-state index is 0.0526. The molecule has 0 fully saturated rings. The first-order valence-electron chi connectivity index (χ1n) is 8.02. The molecule has 0 bridgehead atoms. The Kier molecular flexibility index (Phi) is 4.30. The zero-order chi connectivity index (χ0) is 18.1. The largest absolute Gasteiger partial charge is 0.456 e. The van der Waals surface area contributed by atoms with Gasteiger partial charge in [-0.15, -0.1) is 0 Å². The van der Waals surface area contributed by atoms with Crippen LogP contribution in [0.15, 0.2) is 60.8 Å². The van der Waals surface area contributed by atoms with Gasteiger partial charge in [-0.2, -0.15) is 0 Å². The Labute approximate surface area is 156 Å². The Hall–Kier alpha value is -2.57. The van der Waals surface area contributed by atoms with Gasteiger partial charge in [0.1, 0.15) is 11.5 Å². The summed E-state index contributed by atoms with van der Waals surface area (Å²) in [6.07, 6.45) is 2.03. The average Bonchev–Trinajstić information content (AvgIpc) is 2.63. The Bertz CT molecular complexity index is 1050. The van der Waals surface area contributed by atoms with Gasteiger partial charge in [-0.05, 0) is 48.4 Å². The number of hydrogen-bond acceptors (Lipinski definition) is 4. The van der Waals surface area contributed by atoms with Gasteiger partial charge in [0, 0.05) is 10.6 Å². The molecule has 132 valence electrons. The van der Waals surface area contributed by atoms with Crippen molar-refractivity contribution in [1.82, 2.24) is 4.98 Å². The molecule has 0 amide bonds. The third-order valence-electron chi connectivity index (χ3n) is 4.07. The summed E-state index contributed by atoms with van der Waals surface area (Å²) < 4.78 is 32.3. The fraction of sp³-hybridized carbons (Fsp3) is 0.105. The lowest BCUT2D eigenvalue weighted by molar-refractivity contribution is 0.480. The van der Waals surface area contributed by atoms with Gasteiger partial charge in [-0.25, -0.2) is 8.42 Å². The lowest BCUT2D eigenvalue weighted by atomic mass is 10.0. The predicted molar refractivity (Wildman–Crippen MR) is 102 cm³/mol. The van der Waals surface area contributed by atoms with Crippen molar-refractivity contribution in [3.8, 4) is 22.8 Å². The van der Waals surface area contributed by atoms with Crippen LogP contribution in [-0.4, -0.2) is 19.2 Å². The van der Waals surface area contributed by atoms with E-state index in [1.807, 2.05) is 30.3 Å². The molecule has 4 rings (SSSR count). The Morgan fingerprint density at radius 2 is 1.85 bits per heavy atom. The molecule has 26 heavy (non-hydrogen) atoms. The van der Waals surface area contributed by atoms with E-state index in [4.69, 9.17) is 16.3 Å². The molecular weight excluding hydrogens is 372 g/mol. The molecule has 0 saturated carbocycles. The van der Waals surface area contributed by atoms with Crippen LogP contribution in [0, 0.1) is 0 Å². The zero-order valence-corrected chi connectivity index (χ0v) is 15.2. The highest BCUT2D eigenvalue weighted by Crippen LogP contribution is 2.37. The second kappa shape index (κ2) is 6.63. The van der Waals surface area contributed by atoms with E-state index in [9.17, 15) is 8.42 Å². The lowest BCUT2D eigenvalue weighted by Crippen LogP contribution is -2.24. The van der Waals surface area contributed by atoms with Crippen molar-refractivity contribution in [1.29, 1.82) is 0 Å². The van der Waals surface area contributed by atoms with Gasteiger partial charge in [-0.1, -0.05) is 29.8 Å². The maximum atomic E-state index is 12.0. The maximum Gasteiger partial charge on any atom is 0.233 e. The maximum absolute atomic E-state index is 12.0. The molecule has 1 aromatic heterocycles. The van der Waals surface area contributed by atoms with E-state index in [2.05, 4.69) is 9.71 Å². The zero-order valence-electron chi connectivity index (χ0n) is 13.6. The lowest BCUT2D eigenvalue weighted by Gasteiger charge is -2.21. The number of ether oxygens (including phenoxy) is 1. The third kappa shape index (κ3) is 3.52. The number of benzene rings is 2. The number of nitrogens with zero attached hydrogens (tertiary/aromatic N) is 1. The van der Waals surface area contributed by atoms with Crippen LogP contribution in [0.5, 0.6) is 11.5 Å². The van der Waals surface area contributed by atoms with E-state index < -0.39 is 10.0 Å². The summed E-state index contributed by atoms with van der Waals surface area (Å²) in [6, 6.07) is 16.5. The van der Waals surface area contributed by atoms with Crippen molar-refractivity contribution >= 4 is 27.3 Å². The summed E-state index contributed by atoms with van der Waals surface area (Å²) >= 11 is 6.21. The van der Waals surface area contributed by atoms with E-state index in [-0.39, 0.29) is 5.75 Å². The van der Waals surface area contributed by atoms with E-state index in [1.54, 1.807) is 30.5 Å². The standard InChI is InChI=1S/C19H15ClN2O3S/c20-14-10-13-8-9-26(23,24)22-19(13)17(11-14)18-7-6-16(12-21-18)25-15-4-2-1-3-5-15/h1-7,10-12,22H,8-9H2. The van der Waals surface area contributed by atoms with Gasteiger partial charge in [0.15, 0.2) is 0 Å². The molecule has 0 aliphatic carbocycles. The van der Waals surface area contributed by atoms with Crippen LogP contribution in [0.2, 0.25) is 5.02 Å². The summed E-state index contributed by atoms with van der Waals surface area (Å²) in [5, 5.41) is 0.547. The number of para-hydroxylation sites is 1.